The number of hydrogen-bond donors (Lipinski definition) is 1. The molecule has 2 aromatic rings. The minimum Gasteiger partial charge on any atom is -0.479 e. The Morgan fingerprint density at radius 2 is 1.94 bits per heavy atom. The number of nitrogens with zero attached hydrogens (tertiary/aromatic N) is 4. The van der Waals surface area contributed by atoms with Crippen LogP contribution in [0.15, 0.2) is 35.6 Å². The molecule has 2 aliphatic heterocycles. The number of halogens is 3. The molecule has 3 heterocycles. The molecule has 4 rings (SSSR count). The molecular weight excluding hydrogens is 463 g/mol. The van der Waals surface area contributed by atoms with Crippen LogP contribution in [0.3, 0.4) is 0 Å². The highest BCUT2D eigenvalue weighted by atomic mass is 32.2. The molecule has 2 N–H and O–H groups in total. The maximum atomic E-state index is 13.0. The van der Waals surface area contributed by atoms with Gasteiger partial charge in [0, 0.05) is 13.1 Å². The highest BCUT2D eigenvalue weighted by molar-refractivity contribution is 8.00. The largest absolute Gasteiger partial charge is 0.479 e. The predicted molar refractivity (Wildman–Crippen MR) is 112 cm³/mol. The molecule has 1 fully saturated rings. The van der Waals surface area contributed by atoms with Gasteiger partial charge in [0.1, 0.15) is 17.0 Å². The van der Waals surface area contributed by atoms with E-state index in [-0.39, 0.29) is 17.5 Å². The minimum absolute atomic E-state index is 0.108. The first-order valence-corrected chi connectivity index (χ1v) is 10.8. The number of aromatic nitrogens is 2. The smallest absolute Gasteiger partial charge is 0.416 e. The van der Waals surface area contributed by atoms with Crippen LogP contribution in [0.2, 0.25) is 0 Å². The van der Waals surface area contributed by atoms with Gasteiger partial charge in [0.25, 0.3) is 0 Å². The van der Waals surface area contributed by atoms with E-state index in [4.69, 9.17) is 15.2 Å². The van der Waals surface area contributed by atoms with Crippen LogP contribution >= 0.6 is 11.8 Å². The Kier molecular flexibility index (Phi) is 6.23. The summed E-state index contributed by atoms with van der Waals surface area (Å²) < 4.78 is 49.7. The molecule has 1 atom stereocenters. The van der Waals surface area contributed by atoms with Gasteiger partial charge < -0.3 is 20.1 Å². The van der Waals surface area contributed by atoms with E-state index < -0.39 is 29.4 Å². The van der Waals surface area contributed by atoms with Crippen molar-refractivity contribution in [2.75, 3.05) is 25.1 Å². The van der Waals surface area contributed by atoms with Gasteiger partial charge in [0.15, 0.2) is 0 Å². The lowest BCUT2D eigenvalue weighted by Crippen LogP contribution is -2.46. The highest BCUT2D eigenvalue weighted by Gasteiger charge is 2.41. The average molecular weight is 483 g/mol. The molecule has 2 aliphatic rings. The number of piperidine rings is 1. The fourth-order valence-corrected chi connectivity index (χ4v) is 4.90. The van der Waals surface area contributed by atoms with Gasteiger partial charge in [-0.3, -0.25) is 0 Å². The Balaban J connectivity index is 1.40. The van der Waals surface area contributed by atoms with Crippen molar-refractivity contribution in [2.45, 2.75) is 35.5 Å². The molecule has 3 amide bonds. The second kappa shape index (κ2) is 8.96. The van der Waals surface area contributed by atoms with Gasteiger partial charge in [-0.25, -0.2) is 19.5 Å². The van der Waals surface area contributed by atoms with Crippen molar-refractivity contribution in [3.63, 3.8) is 0 Å². The first kappa shape index (κ1) is 23.0. The van der Waals surface area contributed by atoms with E-state index in [9.17, 15) is 22.8 Å². The number of ether oxygens (including phenoxy) is 2. The van der Waals surface area contributed by atoms with Crippen LogP contribution in [0.25, 0.3) is 0 Å². The number of carbonyl (C=O) groups excluding carboxylic acids is 2. The molecular formula is C20H20F3N5O4S. The fraction of sp³-hybridized carbons (Fsp3) is 0.400. The lowest BCUT2D eigenvalue weighted by molar-refractivity contribution is -0.137. The third-order valence-corrected chi connectivity index (χ3v) is 6.52. The molecule has 9 nitrogen and oxygen atoms in total. The molecule has 1 aromatic heterocycles. The predicted octanol–water partition coefficient (Wildman–Crippen LogP) is 3.79. The summed E-state index contributed by atoms with van der Waals surface area (Å²) in [4.78, 5) is 35.3. The summed E-state index contributed by atoms with van der Waals surface area (Å²) in [7, 11) is 1.38. The second-order valence-corrected chi connectivity index (χ2v) is 8.46. The Morgan fingerprint density at radius 1 is 1.21 bits per heavy atom. The summed E-state index contributed by atoms with van der Waals surface area (Å²) in [5.74, 6) is 0.00913. The zero-order valence-electron chi connectivity index (χ0n) is 17.4. The molecule has 1 unspecified atom stereocenters. The number of hydrogen-bond acceptors (Lipinski definition) is 7. The standard InChI is InChI=1S/C20H20F3N5O4S/c1-31-15-14-16(26-10-25-15)33-19(28(14)17(24)29)32-18(30)27-7-5-11(6-8-27)12-3-2-4-13(9-12)20(21,22)23/h2-4,9-11,19H,5-8H2,1H3,(H2,24,29). The number of benzene rings is 1. The number of likely N-dealkylation sites (tertiary alicyclic amines) is 1. The summed E-state index contributed by atoms with van der Waals surface area (Å²) in [5, 5.41) is 0.377. The minimum atomic E-state index is -4.41. The zero-order chi connectivity index (χ0) is 23.8. The number of rotatable bonds is 3. The summed E-state index contributed by atoms with van der Waals surface area (Å²) in [6.07, 6.45) is -2.86. The first-order valence-electron chi connectivity index (χ1n) is 9.96. The highest BCUT2D eigenvalue weighted by Crippen LogP contribution is 2.46. The van der Waals surface area contributed by atoms with Crippen molar-refractivity contribution in [1.82, 2.24) is 14.9 Å². The van der Waals surface area contributed by atoms with E-state index >= 15 is 0 Å². The van der Waals surface area contributed by atoms with Crippen molar-refractivity contribution in [1.29, 1.82) is 0 Å². The number of carbonyl (C=O) groups is 2. The van der Waals surface area contributed by atoms with Crippen LogP contribution in [0.1, 0.15) is 29.9 Å². The SMILES string of the molecule is COc1ncnc2c1N(C(N)=O)C(OC(=O)N1CCC(c3cccc(C(F)(F)F)c3)CC1)S2. The van der Waals surface area contributed by atoms with Crippen LogP contribution < -0.4 is 15.4 Å². The Bertz CT molecular complexity index is 1060. The van der Waals surface area contributed by atoms with Gasteiger partial charge in [-0.2, -0.15) is 18.2 Å². The number of amides is 3. The normalized spacial score (nSPS) is 18.7. The summed E-state index contributed by atoms with van der Waals surface area (Å²) in [5.41, 5.74) is 4.52. The molecule has 13 heteroatoms. The van der Waals surface area contributed by atoms with Crippen molar-refractivity contribution in [2.24, 2.45) is 5.73 Å². The van der Waals surface area contributed by atoms with Crippen molar-refractivity contribution in [3.8, 4) is 5.88 Å². The van der Waals surface area contributed by atoms with Crippen molar-refractivity contribution >= 4 is 29.6 Å². The molecule has 0 spiro atoms. The van der Waals surface area contributed by atoms with Gasteiger partial charge in [0.05, 0.1) is 12.7 Å². The molecule has 176 valence electrons. The van der Waals surface area contributed by atoms with Crippen LogP contribution in [0.5, 0.6) is 5.88 Å². The topological polar surface area (TPSA) is 111 Å². The lowest BCUT2D eigenvalue weighted by Gasteiger charge is -2.33. The Morgan fingerprint density at radius 3 is 2.58 bits per heavy atom. The molecule has 1 aromatic carbocycles. The molecule has 0 aliphatic carbocycles. The first-order chi connectivity index (χ1) is 15.7. The number of methoxy groups -OCH3 is 1. The number of alkyl halides is 3. The number of nitrogens with two attached hydrogens (primary N) is 1. The summed E-state index contributed by atoms with van der Waals surface area (Å²) >= 11 is 1.01. The third-order valence-electron chi connectivity index (χ3n) is 5.49. The zero-order valence-corrected chi connectivity index (χ0v) is 18.2. The van der Waals surface area contributed by atoms with E-state index in [0.29, 0.717) is 36.5 Å². The van der Waals surface area contributed by atoms with E-state index in [1.54, 1.807) is 6.07 Å². The van der Waals surface area contributed by atoms with Gasteiger partial charge in [-0.1, -0.05) is 18.2 Å². The number of urea groups is 1. The second-order valence-electron chi connectivity index (χ2n) is 7.44. The third kappa shape index (κ3) is 4.63. The number of fused-ring (bicyclic) bond motifs is 1. The Labute approximate surface area is 191 Å². The maximum Gasteiger partial charge on any atom is 0.416 e. The van der Waals surface area contributed by atoms with Gasteiger partial charge in [0.2, 0.25) is 11.4 Å². The lowest BCUT2D eigenvalue weighted by atomic mass is 9.88. The number of anilines is 1. The molecule has 0 bridgehead atoms. The van der Waals surface area contributed by atoms with Gasteiger partial charge >= 0.3 is 18.3 Å². The van der Waals surface area contributed by atoms with E-state index in [1.165, 1.54) is 24.4 Å². The van der Waals surface area contributed by atoms with E-state index in [1.807, 2.05) is 0 Å². The van der Waals surface area contributed by atoms with Crippen LogP contribution in [-0.4, -0.2) is 52.8 Å². The average Bonchev–Trinajstić information content (AvgIpc) is 3.17. The van der Waals surface area contributed by atoms with E-state index in [0.717, 1.165) is 28.8 Å². The monoisotopic (exact) mass is 483 g/mol. The van der Waals surface area contributed by atoms with Gasteiger partial charge in [-0.15, -0.1) is 0 Å². The van der Waals surface area contributed by atoms with Crippen LogP contribution in [0.4, 0.5) is 28.4 Å². The molecule has 0 saturated carbocycles. The fourth-order valence-electron chi connectivity index (χ4n) is 3.86. The van der Waals surface area contributed by atoms with E-state index in [2.05, 4.69) is 9.97 Å². The van der Waals surface area contributed by atoms with Crippen LogP contribution in [-0.2, 0) is 10.9 Å². The van der Waals surface area contributed by atoms with Crippen LogP contribution in [0, 0.1) is 0 Å². The van der Waals surface area contributed by atoms with Crippen molar-refractivity contribution < 1.29 is 32.2 Å². The summed E-state index contributed by atoms with van der Waals surface area (Å²) in [6.45, 7) is 0.591. The maximum absolute atomic E-state index is 13.0. The molecule has 33 heavy (non-hydrogen) atoms. The summed E-state index contributed by atoms with van der Waals surface area (Å²) in [6, 6.07) is 4.39. The quantitative estimate of drug-likeness (QED) is 0.661. The van der Waals surface area contributed by atoms with Crippen molar-refractivity contribution in [3.05, 3.63) is 41.7 Å². The molecule has 1 saturated heterocycles. The van der Waals surface area contributed by atoms with Gasteiger partial charge in [-0.05, 0) is 42.2 Å². The number of thioether (sulfide) groups is 1. The molecule has 0 radical (unpaired) electrons. The number of primary amides is 1. The Hall–Kier alpha value is -3.22.